The largest absolute Gasteiger partial charge is 0.503 e. The predicted octanol–water partition coefficient (Wildman–Crippen LogP) is 2.74. The summed E-state index contributed by atoms with van der Waals surface area (Å²) in [5.41, 5.74) is 0. The summed E-state index contributed by atoms with van der Waals surface area (Å²) >= 11 is 0. The number of hydrogen-bond acceptors (Lipinski definition) is 2. The van der Waals surface area contributed by atoms with Crippen molar-refractivity contribution in [2.24, 2.45) is 11.8 Å². The molecule has 0 aliphatic rings. The van der Waals surface area contributed by atoms with E-state index in [-0.39, 0.29) is 0 Å². The topological polar surface area (TPSA) is 115 Å². The Kier molecular flexibility index (Phi) is 15.1. The van der Waals surface area contributed by atoms with Crippen LogP contribution in [-0.2, 0) is 0 Å². The van der Waals surface area contributed by atoms with Crippen molar-refractivity contribution >= 4 is 12.3 Å². The van der Waals surface area contributed by atoms with Crippen LogP contribution in [0, 0.1) is 11.8 Å². The molecule has 0 atom stereocenters. The standard InChI is InChI=1S/C6H14.2CH2O3/c1-5(2)6(3)4;2*2-1(3)4/h5-6H,1-4H3;2*(H2,2,3,4). The van der Waals surface area contributed by atoms with E-state index in [0.717, 1.165) is 11.8 Å². The van der Waals surface area contributed by atoms with E-state index < -0.39 is 12.3 Å². The maximum Gasteiger partial charge on any atom is 0.503 e. The highest BCUT2D eigenvalue weighted by molar-refractivity contribution is 5.53. The molecule has 6 heteroatoms. The van der Waals surface area contributed by atoms with E-state index in [1.807, 2.05) is 0 Å². The molecule has 0 aromatic carbocycles. The van der Waals surface area contributed by atoms with Crippen molar-refractivity contribution in [2.45, 2.75) is 27.7 Å². The molecule has 86 valence electrons. The Morgan fingerprint density at radius 3 is 0.786 bits per heavy atom. The Hall–Kier alpha value is -1.46. The quantitative estimate of drug-likeness (QED) is 0.529. The second-order valence-corrected chi connectivity index (χ2v) is 3.05. The lowest BCUT2D eigenvalue weighted by atomic mass is 10.0. The number of hydrogen-bond donors (Lipinski definition) is 4. The second-order valence-electron chi connectivity index (χ2n) is 3.05. The molecule has 0 spiro atoms. The van der Waals surface area contributed by atoms with Crippen LogP contribution in [0.5, 0.6) is 0 Å². The van der Waals surface area contributed by atoms with Gasteiger partial charge in [0.1, 0.15) is 0 Å². The van der Waals surface area contributed by atoms with Crippen LogP contribution in [0.1, 0.15) is 27.7 Å². The zero-order valence-corrected chi connectivity index (χ0v) is 8.76. The van der Waals surface area contributed by atoms with Crippen LogP contribution >= 0.6 is 0 Å². The summed E-state index contributed by atoms with van der Waals surface area (Å²) in [5, 5.41) is 27.9. The van der Waals surface area contributed by atoms with E-state index in [4.69, 9.17) is 30.0 Å². The minimum atomic E-state index is -1.83. The first-order chi connectivity index (χ1) is 6.11. The van der Waals surface area contributed by atoms with Crippen molar-refractivity contribution in [1.82, 2.24) is 0 Å². The van der Waals surface area contributed by atoms with Gasteiger partial charge in [-0.1, -0.05) is 27.7 Å². The van der Waals surface area contributed by atoms with Gasteiger partial charge in [-0.25, -0.2) is 9.59 Å². The van der Waals surface area contributed by atoms with Crippen LogP contribution in [0.4, 0.5) is 9.59 Å². The molecular weight excluding hydrogens is 192 g/mol. The van der Waals surface area contributed by atoms with E-state index in [9.17, 15) is 0 Å². The fourth-order valence-corrected chi connectivity index (χ4v) is 0. The summed E-state index contributed by atoms with van der Waals surface area (Å²) < 4.78 is 0. The minimum Gasteiger partial charge on any atom is -0.450 e. The smallest absolute Gasteiger partial charge is 0.450 e. The molecule has 0 radical (unpaired) electrons. The van der Waals surface area contributed by atoms with Crippen LogP contribution < -0.4 is 0 Å². The van der Waals surface area contributed by atoms with Gasteiger partial charge in [-0.05, 0) is 11.8 Å². The van der Waals surface area contributed by atoms with Gasteiger partial charge in [-0.15, -0.1) is 0 Å². The summed E-state index contributed by atoms with van der Waals surface area (Å²) in [6.07, 6.45) is -3.67. The number of rotatable bonds is 1. The van der Waals surface area contributed by atoms with Gasteiger partial charge in [0.05, 0.1) is 0 Å². The first-order valence-electron chi connectivity index (χ1n) is 3.95. The molecule has 0 aromatic rings. The third-order valence-electron chi connectivity index (χ3n) is 1.33. The molecule has 0 amide bonds. The van der Waals surface area contributed by atoms with Crippen molar-refractivity contribution in [3.8, 4) is 0 Å². The monoisotopic (exact) mass is 210 g/mol. The normalized spacial score (nSPS) is 8.14. The summed E-state index contributed by atoms with van der Waals surface area (Å²) in [6, 6.07) is 0. The second kappa shape index (κ2) is 11.5. The van der Waals surface area contributed by atoms with Gasteiger partial charge in [0, 0.05) is 0 Å². The third-order valence-corrected chi connectivity index (χ3v) is 1.33. The third kappa shape index (κ3) is 149. The summed E-state index contributed by atoms with van der Waals surface area (Å²) in [5.74, 6) is 1.70. The average molecular weight is 210 g/mol. The van der Waals surface area contributed by atoms with E-state index in [2.05, 4.69) is 27.7 Å². The molecule has 14 heavy (non-hydrogen) atoms. The van der Waals surface area contributed by atoms with Crippen LogP contribution in [0.15, 0.2) is 0 Å². The lowest BCUT2D eigenvalue weighted by molar-refractivity contribution is 0.135. The fourth-order valence-electron chi connectivity index (χ4n) is 0. The van der Waals surface area contributed by atoms with E-state index in [1.165, 1.54) is 0 Å². The zero-order valence-electron chi connectivity index (χ0n) is 8.76. The van der Waals surface area contributed by atoms with E-state index >= 15 is 0 Å². The molecule has 0 bridgehead atoms. The van der Waals surface area contributed by atoms with Crippen LogP contribution in [0.25, 0.3) is 0 Å². The van der Waals surface area contributed by atoms with Gasteiger partial charge in [0.25, 0.3) is 0 Å². The summed E-state index contributed by atoms with van der Waals surface area (Å²) in [4.78, 5) is 17.1. The lowest BCUT2D eigenvalue weighted by Gasteiger charge is -2.05. The highest BCUT2D eigenvalue weighted by Gasteiger charge is 1.95. The Morgan fingerprint density at radius 2 is 0.786 bits per heavy atom. The molecule has 0 rings (SSSR count). The summed E-state index contributed by atoms with van der Waals surface area (Å²) in [7, 11) is 0. The number of carboxylic acid groups (broad SMARTS) is 4. The predicted molar refractivity (Wildman–Crippen MR) is 51.0 cm³/mol. The van der Waals surface area contributed by atoms with E-state index in [1.54, 1.807) is 0 Å². The van der Waals surface area contributed by atoms with Gasteiger partial charge in [-0.3, -0.25) is 0 Å². The van der Waals surface area contributed by atoms with Crippen molar-refractivity contribution in [3.05, 3.63) is 0 Å². The molecule has 0 aliphatic heterocycles. The molecule has 0 fully saturated rings. The Balaban J connectivity index is -0.000000135. The molecule has 6 nitrogen and oxygen atoms in total. The van der Waals surface area contributed by atoms with Crippen molar-refractivity contribution in [3.63, 3.8) is 0 Å². The van der Waals surface area contributed by atoms with Crippen LogP contribution in [0.3, 0.4) is 0 Å². The molecule has 0 saturated carbocycles. The SMILES string of the molecule is CC(C)C(C)C.O=C(O)O.O=C(O)O. The molecular formula is C8H18O6. The van der Waals surface area contributed by atoms with E-state index in [0.29, 0.717) is 0 Å². The first kappa shape index (κ1) is 18.3. The Labute approximate surface area is 82.8 Å². The fraction of sp³-hybridized carbons (Fsp3) is 0.750. The molecule has 0 heterocycles. The molecule has 4 N–H and O–H groups in total. The van der Waals surface area contributed by atoms with Crippen LogP contribution in [0.2, 0.25) is 0 Å². The lowest BCUT2D eigenvalue weighted by Crippen LogP contribution is -1.95. The highest BCUT2D eigenvalue weighted by atomic mass is 16.6. The zero-order chi connectivity index (χ0) is 12.3. The Bertz CT molecular complexity index is 126. The Morgan fingerprint density at radius 1 is 0.714 bits per heavy atom. The maximum atomic E-state index is 8.56. The van der Waals surface area contributed by atoms with Gasteiger partial charge < -0.3 is 20.4 Å². The average Bonchev–Trinajstić information content (AvgIpc) is 1.83. The van der Waals surface area contributed by atoms with Crippen molar-refractivity contribution in [1.29, 1.82) is 0 Å². The highest BCUT2D eigenvalue weighted by Crippen LogP contribution is 2.05. The molecule has 0 aromatic heterocycles. The maximum absolute atomic E-state index is 8.56. The minimum absolute atomic E-state index is 0.852. The number of carbonyl (C=O) groups is 2. The molecule has 0 saturated heterocycles. The van der Waals surface area contributed by atoms with Gasteiger partial charge >= 0.3 is 12.3 Å². The van der Waals surface area contributed by atoms with Gasteiger partial charge in [-0.2, -0.15) is 0 Å². The molecule has 0 unspecified atom stereocenters. The van der Waals surface area contributed by atoms with Gasteiger partial charge in [0.2, 0.25) is 0 Å². The van der Waals surface area contributed by atoms with Gasteiger partial charge in [0.15, 0.2) is 0 Å². The van der Waals surface area contributed by atoms with Crippen molar-refractivity contribution in [2.75, 3.05) is 0 Å². The van der Waals surface area contributed by atoms with Crippen molar-refractivity contribution < 1.29 is 30.0 Å². The van der Waals surface area contributed by atoms with Crippen LogP contribution in [-0.4, -0.2) is 32.7 Å². The first-order valence-corrected chi connectivity index (χ1v) is 3.95. The molecule has 0 aliphatic carbocycles. The summed E-state index contributed by atoms with van der Waals surface area (Å²) in [6.45, 7) is 8.96.